The maximum atomic E-state index is 14.1. The summed E-state index contributed by atoms with van der Waals surface area (Å²) in [7, 11) is -4.00. The van der Waals surface area contributed by atoms with Gasteiger partial charge in [-0.05, 0) is 30.7 Å². The Kier molecular flexibility index (Phi) is 8.96. The zero-order valence-electron chi connectivity index (χ0n) is 17.5. The molecular formula is C19H23F4N5O4S. The second-order valence-electron chi connectivity index (χ2n) is 6.84. The van der Waals surface area contributed by atoms with Gasteiger partial charge < -0.3 is 15.4 Å². The van der Waals surface area contributed by atoms with E-state index in [4.69, 9.17) is 9.88 Å². The van der Waals surface area contributed by atoms with Crippen LogP contribution in [-0.2, 0) is 29.5 Å². The molecule has 0 aliphatic rings. The Balaban J connectivity index is 2.02. The fraction of sp³-hybridized carbons (Fsp3) is 0.368. The van der Waals surface area contributed by atoms with Crippen molar-refractivity contribution >= 4 is 21.9 Å². The Bertz CT molecular complexity index is 1080. The van der Waals surface area contributed by atoms with Gasteiger partial charge in [0.15, 0.2) is 0 Å². The van der Waals surface area contributed by atoms with E-state index in [2.05, 4.69) is 15.6 Å². The van der Waals surface area contributed by atoms with Gasteiger partial charge in [-0.15, -0.1) is 0 Å². The van der Waals surface area contributed by atoms with Crippen LogP contribution in [0.5, 0.6) is 5.88 Å². The summed E-state index contributed by atoms with van der Waals surface area (Å²) in [5, 5.41) is 9.59. The van der Waals surface area contributed by atoms with Crippen LogP contribution in [0.1, 0.15) is 36.6 Å². The zero-order chi connectivity index (χ0) is 24.6. The number of nitrogens with two attached hydrogens (primary N) is 1. The van der Waals surface area contributed by atoms with E-state index >= 15 is 0 Å². The molecule has 0 unspecified atom stereocenters. The minimum absolute atomic E-state index is 0.000295. The molecule has 0 aliphatic heterocycles. The quantitative estimate of drug-likeness (QED) is 0.298. The molecule has 0 saturated carbocycles. The predicted molar refractivity (Wildman–Crippen MR) is 112 cm³/mol. The van der Waals surface area contributed by atoms with Crippen LogP contribution in [0, 0.1) is 5.82 Å². The molecule has 2 rings (SSSR count). The van der Waals surface area contributed by atoms with Gasteiger partial charge in [-0.2, -0.15) is 26.3 Å². The number of pyridine rings is 1. The van der Waals surface area contributed by atoms with Crippen LogP contribution in [0.4, 0.5) is 28.0 Å². The van der Waals surface area contributed by atoms with E-state index in [1.54, 1.807) is 0 Å². The third-order valence-corrected chi connectivity index (χ3v) is 4.73. The van der Waals surface area contributed by atoms with Crippen molar-refractivity contribution in [2.45, 2.75) is 39.0 Å². The predicted octanol–water partition coefficient (Wildman–Crippen LogP) is 3.03. The van der Waals surface area contributed by atoms with E-state index in [0.717, 1.165) is 24.6 Å². The van der Waals surface area contributed by atoms with Crippen molar-refractivity contribution in [3.8, 4) is 5.88 Å². The molecule has 0 atom stereocenters. The Morgan fingerprint density at radius 3 is 2.45 bits per heavy atom. The standard InChI is InChI=1S/C19H23F4N5O4S/c1-2-3-8-32-17-13(5-7-16(28-17)19(21,22)23)10-25-18(29)27-14-6-4-12(15(20)9-14)11-26-33(24,30)31/h4-7,9,26H,2-3,8,10-11H2,1H3,(H2,24,30,31)(H2,25,27,29). The third kappa shape index (κ3) is 8.82. The summed E-state index contributed by atoms with van der Waals surface area (Å²) in [6.07, 6.45) is -3.27. The van der Waals surface area contributed by atoms with Crippen molar-refractivity contribution in [2.75, 3.05) is 11.9 Å². The van der Waals surface area contributed by atoms with Crippen LogP contribution < -0.4 is 25.2 Å². The molecule has 5 N–H and O–H groups in total. The van der Waals surface area contributed by atoms with Crippen LogP contribution >= 0.6 is 0 Å². The number of aromatic nitrogens is 1. The minimum Gasteiger partial charge on any atom is -0.477 e. The Morgan fingerprint density at radius 1 is 1.15 bits per heavy atom. The highest BCUT2D eigenvalue weighted by atomic mass is 32.2. The lowest BCUT2D eigenvalue weighted by Crippen LogP contribution is -2.30. The van der Waals surface area contributed by atoms with Gasteiger partial charge >= 0.3 is 12.2 Å². The van der Waals surface area contributed by atoms with Gasteiger partial charge in [0.1, 0.15) is 11.5 Å². The summed E-state index contributed by atoms with van der Waals surface area (Å²) in [4.78, 5) is 15.7. The van der Waals surface area contributed by atoms with Gasteiger partial charge in [0.05, 0.1) is 6.61 Å². The van der Waals surface area contributed by atoms with Crippen LogP contribution in [0.25, 0.3) is 0 Å². The number of nitrogens with one attached hydrogen (secondary N) is 3. The molecule has 0 spiro atoms. The van der Waals surface area contributed by atoms with Crippen molar-refractivity contribution < 1.29 is 35.5 Å². The van der Waals surface area contributed by atoms with Gasteiger partial charge in [0.25, 0.3) is 10.2 Å². The summed E-state index contributed by atoms with van der Waals surface area (Å²) >= 11 is 0. The van der Waals surface area contributed by atoms with Crippen LogP contribution in [0.3, 0.4) is 0 Å². The number of nitrogens with zero attached hydrogens (tertiary/aromatic N) is 1. The van der Waals surface area contributed by atoms with Crippen molar-refractivity contribution in [3.05, 3.63) is 53.0 Å². The first-order chi connectivity index (χ1) is 15.4. The van der Waals surface area contributed by atoms with Crippen molar-refractivity contribution in [2.24, 2.45) is 5.14 Å². The van der Waals surface area contributed by atoms with E-state index in [9.17, 15) is 30.8 Å². The zero-order valence-corrected chi connectivity index (χ0v) is 18.3. The first-order valence-electron chi connectivity index (χ1n) is 9.69. The largest absolute Gasteiger partial charge is 0.477 e. The lowest BCUT2D eigenvalue weighted by molar-refractivity contribution is -0.141. The average molecular weight is 493 g/mol. The molecule has 9 nitrogen and oxygen atoms in total. The van der Waals surface area contributed by atoms with Gasteiger partial charge in [-0.3, -0.25) is 0 Å². The summed E-state index contributed by atoms with van der Waals surface area (Å²) in [6.45, 7) is 1.48. The third-order valence-electron chi connectivity index (χ3n) is 4.18. The maximum absolute atomic E-state index is 14.1. The fourth-order valence-electron chi connectivity index (χ4n) is 2.50. The van der Waals surface area contributed by atoms with Gasteiger partial charge in [-0.1, -0.05) is 19.4 Å². The number of unbranched alkanes of at least 4 members (excludes halogenated alkanes) is 1. The van der Waals surface area contributed by atoms with Crippen LogP contribution in [-0.4, -0.2) is 26.0 Å². The van der Waals surface area contributed by atoms with Crippen molar-refractivity contribution in [1.82, 2.24) is 15.0 Å². The minimum atomic E-state index is -4.65. The van der Waals surface area contributed by atoms with Crippen LogP contribution in [0.2, 0.25) is 0 Å². The number of rotatable bonds is 10. The lowest BCUT2D eigenvalue weighted by Gasteiger charge is -2.14. The molecular weight excluding hydrogens is 470 g/mol. The number of hydrogen-bond donors (Lipinski definition) is 4. The number of urea groups is 1. The van der Waals surface area contributed by atoms with Gasteiger partial charge in [0, 0.05) is 29.9 Å². The molecule has 14 heteroatoms. The lowest BCUT2D eigenvalue weighted by atomic mass is 10.2. The van der Waals surface area contributed by atoms with Gasteiger partial charge in [-0.25, -0.2) is 19.3 Å². The first-order valence-corrected chi connectivity index (χ1v) is 11.2. The molecule has 0 fully saturated rings. The summed E-state index contributed by atoms with van der Waals surface area (Å²) < 4.78 is 82.0. The molecule has 182 valence electrons. The molecule has 33 heavy (non-hydrogen) atoms. The molecule has 1 heterocycles. The van der Waals surface area contributed by atoms with Crippen molar-refractivity contribution in [1.29, 1.82) is 0 Å². The SMILES string of the molecule is CCCCOc1nc(C(F)(F)F)ccc1CNC(=O)Nc1ccc(CNS(N)(=O)=O)c(F)c1. The number of alkyl halides is 3. The second-order valence-corrected chi connectivity index (χ2v) is 8.22. The monoisotopic (exact) mass is 493 g/mol. The normalized spacial score (nSPS) is 11.8. The molecule has 2 aromatic rings. The number of halogens is 4. The second kappa shape index (κ2) is 11.2. The van der Waals surface area contributed by atoms with E-state index in [1.165, 1.54) is 12.1 Å². The highest BCUT2D eigenvalue weighted by Crippen LogP contribution is 2.30. The number of carbonyl (C=O) groups is 1. The highest BCUT2D eigenvalue weighted by Gasteiger charge is 2.33. The molecule has 1 aromatic heterocycles. The average Bonchev–Trinajstić information content (AvgIpc) is 2.71. The van der Waals surface area contributed by atoms with E-state index in [-0.39, 0.29) is 42.4 Å². The Hall–Kier alpha value is -2.97. The topological polar surface area (TPSA) is 135 Å². The molecule has 2 amide bonds. The number of hydrogen-bond acceptors (Lipinski definition) is 5. The molecule has 0 radical (unpaired) electrons. The summed E-state index contributed by atoms with van der Waals surface area (Å²) in [6, 6.07) is 4.74. The summed E-state index contributed by atoms with van der Waals surface area (Å²) in [5.74, 6) is -1.03. The smallest absolute Gasteiger partial charge is 0.433 e. The van der Waals surface area contributed by atoms with Crippen molar-refractivity contribution in [3.63, 3.8) is 0 Å². The maximum Gasteiger partial charge on any atom is 0.433 e. The summed E-state index contributed by atoms with van der Waals surface area (Å²) in [5.41, 5.74) is -0.825. The Morgan fingerprint density at radius 2 is 1.85 bits per heavy atom. The number of amides is 2. The number of carbonyl (C=O) groups excluding carboxylic acids is 1. The van der Waals surface area contributed by atoms with Crippen LogP contribution in [0.15, 0.2) is 30.3 Å². The van der Waals surface area contributed by atoms with E-state index < -0.39 is 33.9 Å². The first kappa shape index (κ1) is 26.3. The molecule has 0 aliphatic carbocycles. The molecule has 0 bridgehead atoms. The highest BCUT2D eigenvalue weighted by molar-refractivity contribution is 7.87. The molecule has 0 saturated heterocycles. The number of anilines is 1. The Labute approximate surface area is 187 Å². The van der Waals surface area contributed by atoms with E-state index in [0.29, 0.717) is 6.42 Å². The number of benzene rings is 1. The van der Waals surface area contributed by atoms with E-state index in [1.807, 2.05) is 11.6 Å². The molecule has 1 aromatic carbocycles. The van der Waals surface area contributed by atoms with Gasteiger partial charge in [0.2, 0.25) is 5.88 Å². The fourth-order valence-corrected chi connectivity index (χ4v) is 2.85. The number of ether oxygens (including phenoxy) is 1.